The number of furan rings is 1. The lowest BCUT2D eigenvalue weighted by atomic mass is 9.88. The number of carboxylic acids is 1. The Morgan fingerprint density at radius 1 is 1.47 bits per heavy atom. The van der Waals surface area contributed by atoms with Crippen LogP contribution >= 0.6 is 0 Å². The first-order valence-corrected chi connectivity index (χ1v) is 7.11. The summed E-state index contributed by atoms with van der Waals surface area (Å²) in [5, 5.41) is 9.03. The monoisotopic (exact) mass is 263 g/mol. The van der Waals surface area contributed by atoms with Crippen molar-refractivity contribution in [3.8, 4) is 0 Å². The fourth-order valence-corrected chi connectivity index (χ4v) is 4.00. The van der Waals surface area contributed by atoms with E-state index < -0.39 is 5.97 Å². The van der Waals surface area contributed by atoms with E-state index in [4.69, 9.17) is 9.52 Å². The second-order valence-electron chi connectivity index (χ2n) is 6.21. The lowest BCUT2D eigenvalue weighted by molar-refractivity contribution is 0.0659. The first kappa shape index (κ1) is 12.7. The molecule has 0 spiro atoms. The fraction of sp³-hybridized carbons (Fsp3) is 0.667. The molecule has 0 aliphatic heterocycles. The lowest BCUT2D eigenvalue weighted by Gasteiger charge is -2.27. The number of rotatable bonds is 5. The van der Waals surface area contributed by atoms with Crippen LogP contribution in [-0.4, -0.2) is 29.6 Å². The first-order valence-electron chi connectivity index (χ1n) is 7.11. The molecule has 3 atom stereocenters. The van der Waals surface area contributed by atoms with Crippen LogP contribution in [0.15, 0.2) is 16.7 Å². The Balaban J connectivity index is 1.58. The third-order valence-corrected chi connectivity index (χ3v) is 4.81. The van der Waals surface area contributed by atoms with Crippen molar-refractivity contribution in [1.82, 2.24) is 4.90 Å². The molecule has 1 heterocycles. The molecule has 0 saturated heterocycles. The molecule has 2 saturated carbocycles. The molecule has 0 aromatic carbocycles. The predicted octanol–water partition coefficient (Wildman–Crippen LogP) is 2.85. The molecule has 3 unspecified atom stereocenters. The minimum atomic E-state index is -0.978. The molecule has 3 rings (SSSR count). The zero-order valence-corrected chi connectivity index (χ0v) is 11.3. The van der Waals surface area contributed by atoms with E-state index in [0.29, 0.717) is 6.54 Å². The van der Waals surface area contributed by atoms with Gasteiger partial charge in [-0.05, 0) is 50.1 Å². The predicted molar refractivity (Wildman–Crippen MR) is 70.9 cm³/mol. The highest BCUT2D eigenvalue weighted by Gasteiger charge is 2.39. The van der Waals surface area contributed by atoms with Crippen molar-refractivity contribution >= 4 is 5.97 Å². The summed E-state index contributed by atoms with van der Waals surface area (Å²) in [7, 11) is 2.07. The molecule has 4 nitrogen and oxygen atoms in total. The van der Waals surface area contributed by atoms with E-state index in [9.17, 15) is 4.79 Å². The van der Waals surface area contributed by atoms with E-state index in [2.05, 4.69) is 11.9 Å². The summed E-state index contributed by atoms with van der Waals surface area (Å²) in [5.74, 6) is 1.79. The van der Waals surface area contributed by atoms with Crippen LogP contribution in [0.5, 0.6) is 0 Å². The average Bonchev–Trinajstić information content (AvgIpc) is 3.03. The summed E-state index contributed by atoms with van der Waals surface area (Å²) < 4.78 is 5.02. The van der Waals surface area contributed by atoms with E-state index in [1.165, 1.54) is 31.9 Å². The SMILES string of the molecule is CN(Cc1ccoc1C(=O)O)CC1CC2CCC1C2. The highest BCUT2D eigenvalue weighted by Crippen LogP contribution is 2.48. The Kier molecular flexibility index (Phi) is 3.35. The fourth-order valence-electron chi connectivity index (χ4n) is 4.00. The molecule has 0 radical (unpaired) electrons. The zero-order chi connectivity index (χ0) is 13.4. The molecule has 2 bridgehead atoms. The molecule has 1 aromatic rings. The van der Waals surface area contributed by atoms with Crippen molar-refractivity contribution in [3.63, 3.8) is 0 Å². The van der Waals surface area contributed by atoms with Gasteiger partial charge in [0.05, 0.1) is 6.26 Å². The molecule has 19 heavy (non-hydrogen) atoms. The highest BCUT2D eigenvalue weighted by atomic mass is 16.4. The maximum Gasteiger partial charge on any atom is 0.372 e. The summed E-state index contributed by atoms with van der Waals surface area (Å²) in [6, 6.07) is 1.76. The van der Waals surface area contributed by atoms with Gasteiger partial charge in [-0.3, -0.25) is 0 Å². The van der Waals surface area contributed by atoms with Gasteiger partial charge in [0, 0.05) is 18.7 Å². The largest absolute Gasteiger partial charge is 0.475 e. The van der Waals surface area contributed by atoms with Crippen molar-refractivity contribution < 1.29 is 14.3 Å². The van der Waals surface area contributed by atoms with E-state index in [1.54, 1.807) is 6.07 Å². The third-order valence-electron chi connectivity index (χ3n) is 4.81. The third kappa shape index (κ3) is 2.54. The van der Waals surface area contributed by atoms with Gasteiger partial charge >= 0.3 is 5.97 Å². The molecule has 2 fully saturated rings. The van der Waals surface area contributed by atoms with Crippen LogP contribution in [-0.2, 0) is 6.54 Å². The zero-order valence-electron chi connectivity index (χ0n) is 11.3. The maximum atomic E-state index is 11.0. The van der Waals surface area contributed by atoms with Gasteiger partial charge in [0.15, 0.2) is 0 Å². The van der Waals surface area contributed by atoms with Crippen LogP contribution in [0.25, 0.3) is 0 Å². The van der Waals surface area contributed by atoms with E-state index >= 15 is 0 Å². The molecule has 2 aliphatic rings. The van der Waals surface area contributed by atoms with Crippen molar-refractivity contribution in [2.24, 2.45) is 17.8 Å². The number of carboxylic acid groups (broad SMARTS) is 1. The van der Waals surface area contributed by atoms with Crippen LogP contribution in [0.3, 0.4) is 0 Å². The summed E-state index contributed by atoms with van der Waals surface area (Å²) in [5.41, 5.74) is 0.776. The number of hydrogen-bond acceptors (Lipinski definition) is 3. The minimum Gasteiger partial charge on any atom is -0.475 e. The van der Waals surface area contributed by atoms with Crippen LogP contribution in [0.1, 0.15) is 41.8 Å². The Bertz CT molecular complexity index is 468. The van der Waals surface area contributed by atoms with Crippen molar-refractivity contribution in [1.29, 1.82) is 0 Å². The molecule has 0 amide bonds. The molecular formula is C15H21NO3. The Morgan fingerprint density at radius 3 is 2.95 bits per heavy atom. The van der Waals surface area contributed by atoms with Gasteiger partial charge in [-0.1, -0.05) is 6.42 Å². The van der Waals surface area contributed by atoms with E-state index in [1.807, 2.05) is 0 Å². The summed E-state index contributed by atoms with van der Waals surface area (Å²) in [6.07, 6.45) is 7.08. The van der Waals surface area contributed by atoms with Crippen molar-refractivity contribution in [2.75, 3.05) is 13.6 Å². The number of carbonyl (C=O) groups is 1. The number of hydrogen-bond donors (Lipinski definition) is 1. The quantitative estimate of drug-likeness (QED) is 0.887. The first-order chi connectivity index (χ1) is 9.13. The Hall–Kier alpha value is -1.29. The summed E-state index contributed by atoms with van der Waals surface area (Å²) >= 11 is 0. The van der Waals surface area contributed by atoms with E-state index in [0.717, 1.165) is 29.9 Å². The minimum absolute atomic E-state index is 0.0831. The number of nitrogens with zero attached hydrogens (tertiary/aromatic N) is 1. The Labute approximate surface area is 113 Å². The molecule has 1 aromatic heterocycles. The number of aromatic carboxylic acids is 1. The molecule has 104 valence electrons. The van der Waals surface area contributed by atoms with Crippen molar-refractivity contribution in [2.45, 2.75) is 32.2 Å². The van der Waals surface area contributed by atoms with Gasteiger partial charge in [-0.25, -0.2) is 4.79 Å². The van der Waals surface area contributed by atoms with Crippen LogP contribution in [0.2, 0.25) is 0 Å². The van der Waals surface area contributed by atoms with Gasteiger partial charge in [0.2, 0.25) is 5.76 Å². The second kappa shape index (κ2) is 5.00. The topological polar surface area (TPSA) is 53.7 Å². The van der Waals surface area contributed by atoms with Crippen molar-refractivity contribution in [3.05, 3.63) is 23.7 Å². The summed E-state index contributed by atoms with van der Waals surface area (Å²) in [4.78, 5) is 13.2. The smallest absolute Gasteiger partial charge is 0.372 e. The van der Waals surface area contributed by atoms with Crippen LogP contribution < -0.4 is 0 Å². The van der Waals surface area contributed by atoms with Gasteiger partial charge in [0.25, 0.3) is 0 Å². The maximum absolute atomic E-state index is 11.0. The molecule has 1 N–H and O–H groups in total. The Morgan fingerprint density at radius 2 is 2.32 bits per heavy atom. The van der Waals surface area contributed by atoms with Gasteiger partial charge < -0.3 is 14.4 Å². The molecule has 4 heteroatoms. The van der Waals surface area contributed by atoms with Gasteiger partial charge in [-0.15, -0.1) is 0 Å². The number of fused-ring (bicyclic) bond motifs is 2. The molecule has 2 aliphatic carbocycles. The second-order valence-corrected chi connectivity index (χ2v) is 6.21. The van der Waals surface area contributed by atoms with Gasteiger partial charge in [0.1, 0.15) is 0 Å². The highest BCUT2D eigenvalue weighted by molar-refractivity contribution is 5.86. The normalized spacial score (nSPS) is 29.3. The van der Waals surface area contributed by atoms with Gasteiger partial charge in [-0.2, -0.15) is 0 Å². The summed E-state index contributed by atoms with van der Waals surface area (Å²) in [6.45, 7) is 1.73. The average molecular weight is 263 g/mol. The van der Waals surface area contributed by atoms with Crippen LogP contribution in [0.4, 0.5) is 0 Å². The van der Waals surface area contributed by atoms with Crippen LogP contribution in [0, 0.1) is 17.8 Å². The standard InChI is InChI=1S/C15H21NO3/c1-16(8-12-4-5-19-14(12)15(17)18)9-13-7-10-2-3-11(13)6-10/h4-5,10-11,13H,2-3,6-9H2,1H3,(H,17,18). The molecular weight excluding hydrogens is 242 g/mol. The van der Waals surface area contributed by atoms with E-state index in [-0.39, 0.29) is 5.76 Å². The lowest BCUT2D eigenvalue weighted by Crippen LogP contribution is -2.28.